The molecule has 0 saturated heterocycles. The number of nitrogens with two attached hydrogens (primary N) is 1. The van der Waals surface area contributed by atoms with E-state index in [1.54, 1.807) is 6.07 Å². The van der Waals surface area contributed by atoms with Crippen molar-refractivity contribution in [3.63, 3.8) is 0 Å². The van der Waals surface area contributed by atoms with Gasteiger partial charge in [0.1, 0.15) is 0 Å². The van der Waals surface area contributed by atoms with Crippen LogP contribution in [-0.2, 0) is 6.42 Å². The molecule has 0 unspecified atom stereocenters. The molecular weight excluding hydrogens is 174 g/mol. The van der Waals surface area contributed by atoms with Crippen LogP contribution >= 0.6 is 0 Å². The van der Waals surface area contributed by atoms with E-state index in [1.165, 1.54) is 12.8 Å². The van der Waals surface area contributed by atoms with Crippen molar-refractivity contribution >= 4 is 5.91 Å². The molecule has 0 radical (unpaired) electrons. The first-order valence-electron chi connectivity index (χ1n) is 5.13. The molecule has 1 aromatic carbocycles. The lowest BCUT2D eigenvalue weighted by atomic mass is 10.0. The molecule has 2 nitrogen and oxygen atoms in total. The van der Waals surface area contributed by atoms with E-state index in [1.807, 2.05) is 18.2 Å². The van der Waals surface area contributed by atoms with Gasteiger partial charge in [0, 0.05) is 5.56 Å². The second-order valence-corrected chi connectivity index (χ2v) is 3.48. The fraction of sp³-hybridized carbons (Fsp3) is 0.417. The number of benzene rings is 1. The number of hydrogen-bond donors (Lipinski definition) is 1. The molecule has 0 aromatic heterocycles. The number of hydrogen-bond acceptors (Lipinski definition) is 1. The smallest absolute Gasteiger partial charge is 0.248 e. The number of primary amides is 1. The molecule has 76 valence electrons. The van der Waals surface area contributed by atoms with Crippen LogP contribution in [0.3, 0.4) is 0 Å². The van der Waals surface area contributed by atoms with E-state index < -0.39 is 0 Å². The topological polar surface area (TPSA) is 43.1 Å². The SMILES string of the molecule is CCCCCc1ccccc1C(N)=O. The van der Waals surface area contributed by atoms with E-state index in [0.717, 1.165) is 18.4 Å². The summed E-state index contributed by atoms with van der Waals surface area (Å²) in [7, 11) is 0. The highest BCUT2D eigenvalue weighted by molar-refractivity contribution is 5.94. The molecular formula is C12H17NO. The van der Waals surface area contributed by atoms with Crippen molar-refractivity contribution in [2.75, 3.05) is 0 Å². The molecule has 0 heterocycles. The summed E-state index contributed by atoms with van der Waals surface area (Å²) < 4.78 is 0. The number of aryl methyl sites for hydroxylation is 1. The van der Waals surface area contributed by atoms with Crippen molar-refractivity contribution in [2.24, 2.45) is 5.73 Å². The molecule has 0 aliphatic rings. The van der Waals surface area contributed by atoms with Gasteiger partial charge in [0.2, 0.25) is 5.91 Å². The van der Waals surface area contributed by atoms with Gasteiger partial charge in [0.05, 0.1) is 0 Å². The Labute approximate surface area is 85.1 Å². The lowest BCUT2D eigenvalue weighted by Crippen LogP contribution is -2.13. The fourth-order valence-electron chi connectivity index (χ4n) is 1.54. The number of rotatable bonds is 5. The average Bonchev–Trinajstić information content (AvgIpc) is 2.19. The normalized spacial score (nSPS) is 10.1. The minimum atomic E-state index is -0.322. The number of carbonyl (C=O) groups excluding carboxylic acids is 1. The summed E-state index contributed by atoms with van der Waals surface area (Å²) in [5, 5.41) is 0. The van der Waals surface area contributed by atoms with Crippen molar-refractivity contribution < 1.29 is 4.79 Å². The second-order valence-electron chi connectivity index (χ2n) is 3.48. The maximum Gasteiger partial charge on any atom is 0.248 e. The van der Waals surface area contributed by atoms with Crippen molar-refractivity contribution in [1.29, 1.82) is 0 Å². The van der Waals surface area contributed by atoms with Crippen LogP contribution in [0.4, 0.5) is 0 Å². The van der Waals surface area contributed by atoms with Crippen molar-refractivity contribution in [2.45, 2.75) is 32.6 Å². The summed E-state index contributed by atoms with van der Waals surface area (Å²) in [5.74, 6) is -0.322. The Bertz CT molecular complexity index is 307. The van der Waals surface area contributed by atoms with E-state index in [9.17, 15) is 4.79 Å². The number of amides is 1. The van der Waals surface area contributed by atoms with Crippen LogP contribution in [0.5, 0.6) is 0 Å². The molecule has 14 heavy (non-hydrogen) atoms. The Morgan fingerprint density at radius 2 is 2.00 bits per heavy atom. The largest absolute Gasteiger partial charge is 0.366 e. The first-order chi connectivity index (χ1) is 6.75. The van der Waals surface area contributed by atoms with E-state index in [2.05, 4.69) is 6.92 Å². The zero-order valence-corrected chi connectivity index (χ0v) is 8.62. The van der Waals surface area contributed by atoms with Crippen molar-refractivity contribution in [3.8, 4) is 0 Å². The highest BCUT2D eigenvalue weighted by Crippen LogP contribution is 2.11. The summed E-state index contributed by atoms with van der Waals surface area (Å²) in [6.45, 7) is 2.17. The Hall–Kier alpha value is -1.31. The van der Waals surface area contributed by atoms with Crippen molar-refractivity contribution in [3.05, 3.63) is 35.4 Å². The van der Waals surface area contributed by atoms with E-state index in [0.29, 0.717) is 5.56 Å². The van der Waals surface area contributed by atoms with E-state index in [4.69, 9.17) is 5.73 Å². The van der Waals surface area contributed by atoms with Crippen LogP contribution in [0.2, 0.25) is 0 Å². The van der Waals surface area contributed by atoms with E-state index >= 15 is 0 Å². The molecule has 0 aliphatic heterocycles. The molecule has 2 N–H and O–H groups in total. The summed E-state index contributed by atoms with van der Waals surface area (Å²) in [6.07, 6.45) is 4.47. The molecule has 0 spiro atoms. The minimum Gasteiger partial charge on any atom is -0.366 e. The number of carbonyl (C=O) groups is 1. The summed E-state index contributed by atoms with van der Waals surface area (Å²) >= 11 is 0. The van der Waals surface area contributed by atoms with Gasteiger partial charge < -0.3 is 5.73 Å². The number of unbranched alkanes of at least 4 members (excludes halogenated alkanes) is 2. The predicted octanol–water partition coefficient (Wildman–Crippen LogP) is 2.52. The van der Waals surface area contributed by atoms with Crippen LogP contribution in [0.1, 0.15) is 42.1 Å². The van der Waals surface area contributed by atoms with Gasteiger partial charge >= 0.3 is 0 Å². The van der Waals surface area contributed by atoms with Gasteiger partial charge in [-0.3, -0.25) is 4.79 Å². The summed E-state index contributed by atoms with van der Waals surface area (Å²) in [6, 6.07) is 7.58. The van der Waals surface area contributed by atoms with Gasteiger partial charge in [-0.15, -0.1) is 0 Å². The van der Waals surface area contributed by atoms with Gasteiger partial charge in [-0.2, -0.15) is 0 Å². The minimum absolute atomic E-state index is 0.322. The molecule has 0 atom stereocenters. The third kappa shape index (κ3) is 2.87. The van der Waals surface area contributed by atoms with Crippen LogP contribution in [-0.4, -0.2) is 5.91 Å². The van der Waals surface area contributed by atoms with Crippen LogP contribution in [0.25, 0.3) is 0 Å². The Balaban J connectivity index is 2.69. The molecule has 1 amide bonds. The lowest BCUT2D eigenvalue weighted by molar-refractivity contribution is 0.0999. The Morgan fingerprint density at radius 1 is 1.29 bits per heavy atom. The third-order valence-corrected chi connectivity index (χ3v) is 2.33. The van der Waals surface area contributed by atoms with Gasteiger partial charge in [-0.25, -0.2) is 0 Å². The molecule has 1 rings (SSSR count). The second kappa shape index (κ2) is 5.43. The molecule has 0 aliphatic carbocycles. The first kappa shape index (κ1) is 10.8. The maximum atomic E-state index is 11.1. The molecule has 0 fully saturated rings. The highest BCUT2D eigenvalue weighted by Gasteiger charge is 2.05. The average molecular weight is 191 g/mol. The van der Waals surface area contributed by atoms with Crippen LogP contribution < -0.4 is 5.73 Å². The highest BCUT2D eigenvalue weighted by atomic mass is 16.1. The Morgan fingerprint density at radius 3 is 2.64 bits per heavy atom. The van der Waals surface area contributed by atoms with E-state index in [-0.39, 0.29) is 5.91 Å². The van der Waals surface area contributed by atoms with Gasteiger partial charge in [0.15, 0.2) is 0 Å². The standard InChI is InChI=1S/C12H17NO/c1-2-3-4-7-10-8-5-6-9-11(10)12(13)14/h5-6,8-9H,2-4,7H2,1H3,(H2,13,14). The monoisotopic (exact) mass is 191 g/mol. The summed E-state index contributed by atoms with van der Waals surface area (Å²) in [4.78, 5) is 11.1. The van der Waals surface area contributed by atoms with Gasteiger partial charge in [-0.05, 0) is 24.5 Å². The van der Waals surface area contributed by atoms with Gasteiger partial charge in [0.25, 0.3) is 0 Å². The zero-order chi connectivity index (χ0) is 10.4. The first-order valence-corrected chi connectivity index (χ1v) is 5.13. The molecule has 2 heteroatoms. The van der Waals surface area contributed by atoms with Crippen molar-refractivity contribution in [1.82, 2.24) is 0 Å². The van der Waals surface area contributed by atoms with Crippen LogP contribution in [0, 0.1) is 0 Å². The predicted molar refractivity (Wildman–Crippen MR) is 58.2 cm³/mol. The quantitative estimate of drug-likeness (QED) is 0.714. The zero-order valence-electron chi connectivity index (χ0n) is 8.62. The lowest BCUT2D eigenvalue weighted by Gasteiger charge is -2.05. The maximum absolute atomic E-state index is 11.1. The third-order valence-electron chi connectivity index (χ3n) is 2.33. The Kier molecular flexibility index (Phi) is 4.17. The molecule has 1 aromatic rings. The molecule has 0 bridgehead atoms. The molecule has 0 saturated carbocycles. The fourth-order valence-corrected chi connectivity index (χ4v) is 1.54. The van der Waals surface area contributed by atoms with Crippen LogP contribution in [0.15, 0.2) is 24.3 Å². The van der Waals surface area contributed by atoms with Gasteiger partial charge in [-0.1, -0.05) is 38.0 Å². The summed E-state index contributed by atoms with van der Waals surface area (Å²) in [5.41, 5.74) is 7.03.